The van der Waals surface area contributed by atoms with E-state index in [-0.39, 0.29) is 12.0 Å². The first-order valence-electron chi connectivity index (χ1n) is 5.51. The highest BCUT2D eigenvalue weighted by atomic mass is 19.4. The summed E-state index contributed by atoms with van der Waals surface area (Å²) in [6.07, 6.45) is -2.65. The molecule has 0 N–H and O–H groups in total. The van der Waals surface area contributed by atoms with E-state index in [4.69, 9.17) is 4.84 Å². The summed E-state index contributed by atoms with van der Waals surface area (Å²) < 4.78 is 36.9. The van der Waals surface area contributed by atoms with Gasteiger partial charge in [0.05, 0.1) is 5.56 Å². The molecular weight excluding hydrogens is 243 g/mol. The van der Waals surface area contributed by atoms with Crippen molar-refractivity contribution in [1.29, 1.82) is 0 Å². The molecule has 0 amide bonds. The third-order valence-corrected chi connectivity index (χ3v) is 2.03. The molecule has 0 unspecified atom stereocenters. The van der Waals surface area contributed by atoms with Gasteiger partial charge < -0.3 is 4.84 Å². The van der Waals surface area contributed by atoms with Crippen molar-refractivity contribution in [2.45, 2.75) is 33.6 Å². The van der Waals surface area contributed by atoms with E-state index in [2.05, 4.69) is 5.16 Å². The van der Waals surface area contributed by atoms with Crippen molar-refractivity contribution in [2.24, 2.45) is 10.6 Å². The summed E-state index contributed by atoms with van der Waals surface area (Å²) in [4.78, 5) is 5.01. The van der Waals surface area contributed by atoms with Gasteiger partial charge in [-0.05, 0) is 17.7 Å². The van der Waals surface area contributed by atoms with Gasteiger partial charge in [-0.3, -0.25) is 0 Å². The SMILES string of the molecule is CC(C)(C)C=NOCc1ccc(C(F)(F)F)cc1. The van der Waals surface area contributed by atoms with Gasteiger partial charge in [-0.25, -0.2) is 0 Å². The van der Waals surface area contributed by atoms with E-state index in [0.29, 0.717) is 5.56 Å². The number of rotatable bonds is 3. The highest BCUT2D eigenvalue weighted by Crippen LogP contribution is 2.29. The monoisotopic (exact) mass is 259 g/mol. The molecule has 0 aliphatic heterocycles. The van der Waals surface area contributed by atoms with Gasteiger partial charge in [-0.15, -0.1) is 0 Å². The Hall–Kier alpha value is -1.52. The van der Waals surface area contributed by atoms with Crippen LogP contribution in [0.5, 0.6) is 0 Å². The van der Waals surface area contributed by atoms with Crippen LogP contribution in [-0.2, 0) is 17.6 Å². The Morgan fingerprint density at radius 2 is 1.67 bits per heavy atom. The normalized spacial score (nSPS) is 13.0. The van der Waals surface area contributed by atoms with E-state index in [1.807, 2.05) is 20.8 Å². The number of halogens is 3. The zero-order chi connectivity index (χ0) is 13.8. The van der Waals surface area contributed by atoms with Crippen LogP contribution in [0.3, 0.4) is 0 Å². The summed E-state index contributed by atoms with van der Waals surface area (Å²) in [5.74, 6) is 0. The smallest absolute Gasteiger partial charge is 0.391 e. The Labute approximate surface area is 104 Å². The largest absolute Gasteiger partial charge is 0.416 e. The Morgan fingerprint density at radius 3 is 2.11 bits per heavy atom. The average molecular weight is 259 g/mol. The molecule has 1 aromatic rings. The first kappa shape index (κ1) is 14.5. The average Bonchev–Trinajstić information content (AvgIpc) is 2.22. The molecule has 0 aliphatic carbocycles. The second kappa shape index (κ2) is 5.42. The van der Waals surface area contributed by atoms with Crippen LogP contribution in [0.4, 0.5) is 13.2 Å². The fraction of sp³-hybridized carbons (Fsp3) is 0.462. The van der Waals surface area contributed by atoms with Gasteiger partial charge in [0.15, 0.2) is 0 Å². The maximum absolute atomic E-state index is 12.3. The number of hydrogen-bond acceptors (Lipinski definition) is 2. The van der Waals surface area contributed by atoms with Crippen molar-refractivity contribution in [3.05, 3.63) is 35.4 Å². The van der Waals surface area contributed by atoms with Crippen molar-refractivity contribution in [1.82, 2.24) is 0 Å². The molecule has 1 rings (SSSR count). The molecule has 0 radical (unpaired) electrons. The van der Waals surface area contributed by atoms with Crippen LogP contribution in [0.2, 0.25) is 0 Å². The molecule has 0 aromatic heterocycles. The third kappa shape index (κ3) is 5.21. The molecule has 0 aliphatic rings. The van der Waals surface area contributed by atoms with Gasteiger partial charge in [-0.2, -0.15) is 13.2 Å². The predicted molar refractivity (Wildman–Crippen MR) is 64.2 cm³/mol. The fourth-order valence-corrected chi connectivity index (χ4v) is 1.10. The molecule has 0 heterocycles. The summed E-state index contributed by atoms with van der Waals surface area (Å²) in [7, 11) is 0. The molecule has 0 fully saturated rings. The molecule has 0 bridgehead atoms. The van der Waals surface area contributed by atoms with Crippen molar-refractivity contribution in [3.63, 3.8) is 0 Å². The second-order valence-electron chi connectivity index (χ2n) is 5.07. The summed E-state index contributed by atoms with van der Waals surface area (Å²) in [5, 5.41) is 3.76. The van der Waals surface area contributed by atoms with Crippen molar-refractivity contribution in [3.8, 4) is 0 Å². The Morgan fingerprint density at radius 1 is 1.11 bits per heavy atom. The van der Waals surface area contributed by atoms with Gasteiger partial charge in [0, 0.05) is 11.6 Å². The predicted octanol–water partition coefficient (Wildman–Crippen LogP) is 4.25. The number of hydrogen-bond donors (Lipinski definition) is 0. The van der Waals surface area contributed by atoms with Crippen molar-refractivity contribution in [2.75, 3.05) is 0 Å². The van der Waals surface area contributed by atoms with Crippen LogP contribution in [0.15, 0.2) is 29.4 Å². The van der Waals surface area contributed by atoms with E-state index in [1.165, 1.54) is 12.1 Å². The molecule has 0 spiro atoms. The van der Waals surface area contributed by atoms with Gasteiger partial charge in [0.1, 0.15) is 6.61 Å². The van der Waals surface area contributed by atoms with Gasteiger partial charge in [-0.1, -0.05) is 38.1 Å². The first-order chi connectivity index (χ1) is 8.18. The molecule has 0 saturated heterocycles. The van der Waals surface area contributed by atoms with Crippen LogP contribution in [0.1, 0.15) is 31.9 Å². The lowest BCUT2D eigenvalue weighted by molar-refractivity contribution is -0.137. The molecule has 0 saturated carbocycles. The molecule has 1 aromatic carbocycles. The lowest BCUT2D eigenvalue weighted by Crippen LogP contribution is -2.06. The summed E-state index contributed by atoms with van der Waals surface area (Å²) >= 11 is 0. The maximum Gasteiger partial charge on any atom is 0.416 e. The van der Waals surface area contributed by atoms with Crippen LogP contribution < -0.4 is 0 Å². The lowest BCUT2D eigenvalue weighted by atomic mass is 10.00. The van der Waals surface area contributed by atoms with E-state index in [0.717, 1.165) is 12.1 Å². The fourth-order valence-electron chi connectivity index (χ4n) is 1.10. The molecule has 100 valence electrons. The van der Waals surface area contributed by atoms with Crippen LogP contribution in [0, 0.1) is 5.41 Å². The topological polar surface area (TPSA) is 21.6 Å². The van der Waals surface area contributed by atoms with Crippen molar-refractivity contribution < 1.29 is 18.0 Å². The molecule has 18 heavy (non-hydrogen) atoms. The Bertz CT molecular complexity index is 402. The van der Waals surface area contributed by atoms with E-state index < -0.39 is 11.7 Å². The quantitative estimate of drug-likeness (QED) is 0.587. The molecule has 5 heteroatoms. The standard InChI is InChI=1S/C13H16F3NO/c1-12(2,3)9-17-18-8-10-4-6-11(7-5-10)13(14,15)16/h4-7,9H,8H2,1-3H3. The summed E-state index contributed by atoms with van der Waals surface area (Å²) in [6.45, 7) is 6.07. The first-order valence-corrected chi connectivity index (χ1v) is 5.51. The zero-order valence-electron chi connectivity index (χ0n) is 10.6. The third-order valence-electron chi connectivity index (χ3n) is 2.03. The van der Waals surface area contributed by atoms with E-state index in [1.54, 1.807) is 6.21 Å². The van der Waals surface area contributed by atoms with E-state index in [9.17, 15) is 13.2 Å². The minimum absolute atomic E-state index is 0.0832. The highest BCUT2D eigenvalue weighted by molar-refractivity contribution is 5.63. The molecule has 0 atom stereocenters. The van der Waals surface area contributed by atoms with Crippen molar-refractivity contribution >= 4 is 6.21 Å². The van der Waals surface area contributed by atoms with Crippen LogP contribution in [0.25, 0.3) is 0 Å². The maximum atomic E-state index is 12.3. The van der Waals surface area contributed by atoms with Gasteiger partial charge in [0.25, 0.3) is 0 Å². The number of benzene rings is 1. The second-order valence-corrected chi connectivity index (χ2v) is 5.07. The lowest BCUT2D eigenvalue weighted by Gasteiger charge is -2.10. The van der Waals surface area contributed by atoms with Crippen LogP contribution >= 0.6 is 0 Å². The van der Waals surface area contributed by atoms with E-state index >= 15 is 0 Å². The summed E-state index contributed by atoms with van der Waals surface area (Å²) in [5.41, 5.74) is -0.0985. The number of alkyl halides is 3. The minimum atomic E-state index is -4.30. The molecule has 2 nitrogen and oxygen atoms in total. The van der Waals surface area contributed by atoms with Gasteiger partial charge >= 0.3 is 6.18 Å². The number of nitrogens with zero attached hydrogens (tertiary/aromatic N) is 1. The minimum Gasteiger partial charge on any atom is -0.391 e. The Kier molecular flexibility index (Phi) is 4.38. The number of oxime groups is 1. The molecular formula is C13H16F3NO. The summed E-state index contributed by atoms with van der Waals surface area (Å²) in [6, 6.07) is 4.84. The Balaban J connectivity index is 2.53. The van der Waals surface area contributed by atoms with Crippen LogP contribution in [-0.4, -0.2) is 6.21 Å². The van der Waals surface area contributed by atoms with Gasteiger partial charge in [0.2, 0.25) is 0 Å². The highest BCUT2D eigenvalue weighted by Gasteiger charge is 2.29. The zero-order valence-corrected chi connectivity index (χ0v) is 10.6.